The van der Waals surface area contributed by atoms with Gasteiger partial charge in [-0.1, -0.05) is 48.5 Å². The summed E-state index contributed by atoms with van der Waals surface area (Å²) >= 11 is 1.24. The zero-order valence-electron chi connectivity index (χ0n) is 20.5. The zero-order chi connectivity index (χ0) is 27.1. The minimum Gasteiger partial charge on any atom is -0.460 e. The smallest absolute Gasteiger partial charge is 0.459 e. The van der Waals surface area contributed by atoms with E-state index in [2.05, 4.69) is 15.1 Å². The molecule has 1 aliphatic rings. The van der Waals surface area contributed by atoms with Gasteiger partial charge >= 0.3 is 19.4 Å². The van der Waals surface area contributed by atoms with E-state index < -0.39 is 42.2 Å². The number of nitrogens with zero attached hydrogens (tertiary/aromatic N) is 3. The number of aliphatic hydroxyl groups is 1. The molecule has 0 amide bonds. The molecule has 0 radical (unpaired) electrons. The van der Waals surface area contributed by atoms with Crippen molar-refractivity contribution in [3.63, 3.8) is 0 Å². The Labute approximate surface area is 223 Å². The van der Waals surface area contributed by atoms with Gasteiger partial charge in [0.1, 0.15) is 24.7 Å². The first kappa shape index (κ1) is 27.8. The molecule has 0 unspecified atom stereocenters. The lowest BCUT2D eigenvalue weighted by Gasteiger charge is -2.24. The fraction of sp³-hybridized carbons (Fsp3) is 0.333. The number of hydrogen-bond acceptors (Lipinski definition) is 11. The Bertz CT molecular complexity index is 1330. The third-order valence-electron chi connectivity index (χ3n) is 5.57. The van der Waals surface area contributed by atoms with Crippen molar-refractivity contribution in [2.24, 2.45) is 0 Å². The molecule has 0 saturated carbocycles. The lowest BCUT2D eigenvalue weighted by molar-refractivity contribution is -0.146. The molecule has 2 aromatic carbocycles. The van der Waals surface area contributed by atoms with Gasteiger partial charge in [0.2, 0.25) is 5.95 Å². The Morgan fingerprint density at radius 3 is 2.61 bits per heavy atom. The number of nitrogens with two attached hydrogens (primary N) is 1. The van der Waals surface area contributed by atoms with Gasteiger partial charge in [-0.15, -0.1) is 11.8 Å². The van der Waals surface area contributed by atoms with Crippen molar-refractivity contribution in [1.82, 2.24) is 19.6 Å². The summed E-state index contributed by atoms with van der Waals surface area (Å²) in [6.45, 7) is 1.34. The van der Waals surface area contributed by atoms with E-state index in [0.29, 0.717) is 0 Å². The molecule has 5 atom stereocenters. The molecule has 1 saturated heterocycles. The quantitative estimate of drug-likeness (QED) is 0.231. The molecular formula is C24H28N5O7PS. The van der Waals surface area contributed by atoms with Crippen molar-refractivity contribution >= 4 is 31.4 Å². The number of para-hydroxylation sites is 1. The summed E-state index contributed by atoms with van der Waals surface area (Å²) in [7, 11) is -4.12. The highest BCUT2D eigenvalue weighted by Crippen LogP contribution is 2.48. The molecule has 4 N–H and O–H groups in total. The van der Waals surface area contributed by atoms with Crippen molar-refractivity contribution < 1.29 is 28.3 Å². The van der Waals surface area contributed by atoms with Crippen molar-refractivity contribution in [2.75, 3.05) is 12.3 Å². The minimum absolute atomic E-state index is 0.0525. The SMILES string of the molecule is C[C@H](N[P@](=O)(OC[C@H]1S[C@@H](n2cnc(N)nc2=O)C[C@H]1O)Oc1ccccc1)C(=O)OCc1ccccc1. The number of thioether (sulfide) groups is 1. The summed E-state index contributed by atoms with van der Waals surface area (Å²) < 4.78 is 31.7. The van der Waals surface area contributed by atoms with E-state index >= 15 is 0 Å². The Kier molecular flexibility index (Phi) is 9.18. The Morgan fingerprint density at radius 2 is 1.92 bits per heavy atom. The molecule has 4 rings (SSSR count). The molecule has 0 spiro atoms. The third kappa shape index (κ3) is 7.42. The maximum absolute atomic E-state index is 13.7. The number of nitrogen functional groups attached to an aromatic ring is 1. The average molecular weight is 562 g/mol. The topological polar surface area (TPSA) is 168 Å². The number of esters is 1. The standard InChI is InChI=1S/C24H28N5O7PS/c1-16(22(31)34-13-17-8-4-2-5-9-17)28-37(33,36-18-10-6-3-7-11-18)35-14-20-19(30)12-21(38-20)29-15-26-23(25)27-24(29)32/h2-11,15-16,19-21,30H,12-14H2,1H3,(H,28,33)(H2,25,27,32)/t16-,19+,20+,21+,37-/m0/s1. The van der Waals surface area contributed by atoms with Crippen LogP contribution in [0, 0.1) is 0 Å². The maximum Gasteiger partial charge on any atom is 0.459 e. The Hall–Kier alpha value is -3.22. The number of ether oxygens (including phenoxy) is 1. The number of aromatic nitrogens is 3. The van der Waals surface area contributed by atoms with Crippen molar-refractivity contribution in [3.05, 3.63) is 83.0 Å². The second kappa shape index (κ2) is 12.5. The van der Waals surface area contributed by atoms with E-state index in [1.54, 1.807) is 30.3 Å². The summed E-state index contributed by atoms with van der Waals surface area (Å²) in [5.41, 5.74) is 5.67. The molecule has 202 valence electrons. The molecule has 1 aromatic heterocycles. The van der Waals surface area contributed by atoms with Crippen LogP contribution in [0.3, 0.4) is 0 Å². The normalized spacial score (nSPS) is 21.4. The second-order valence-corrected chi connectivity index (χ2v) is 11.6. The molecule has 0 bridgehead atoms. The molecule has 2 heterocycles. The van der Waals surface area contributed by atoms with Gasteiger partial charge in [0.05, 0.1) is 23.3 Å². The lowest BCUT2D eigenvalue weighted by atomic mass is 10.2. The second-order valence-electron chi connectivity index (χ2n) is 8.48. The first-order valence-corrected chi connectivity index (χ1v) is 14.2. The largest absolute Gasteiger partial charge is 0.460 e. The molecule has 1 fully saturated rings. The van der Waals surface area contributed by atoms with Crippen LogP contribution in [0.15, 0.2) is 71.8 Å². The number of aliphatic hydroxyl groups excluding tert-OH is 1. The van der Waals surface area contributed by atoms with E-state index in [1.165, 1.54) is 29.6 Å². The third-order valence-corrected chi connectivity index (χ3v) is 8.74. The Balaban J connectivity index is 1.41. The molecule has 38 heavy (non-hydrogen) atoms. The van der Waals surface area contributed by atoms with Gasteiger partial charge in [-0.2, -0.15) is 10.1 Å². The maximum atomic E-state index is 13.7. The van der Waals surface area contributed by atoms with E-state index in [4.69, 9.17) is 19.5 Å². The summed E-state index contributed by atoms with van der Waals surface area (Å²) in [5.74, 6) is -0.528. The zero-order valence-corrected chi connectivity index (χ0v) is 22.2. The molecule has 14 heteroatoms. The van der Waals surface area contributed by atoms with Crippen molar-refractivity contribution in [2.45, 2.75) is 42.7 Å². The van der Waals surface area contributed by atoms with E-state index in [0.717, 1.165) is 5.56 Å². The highest BCUT2D eigenvalue weighted by atomic mass is 32.2. The van der Waals surface area contributed by atoms with Crippen LogP contribution >= 0.6 is 19.5 Å². The van der Waals surface area contributed by atoms with Gasteiger partial charge < -0.3 is 20.1 Å². The molecule has 12 nitrogen and oxygen atoms in total. The average Bonchev–Trinajstić information content (AvgIpc) is 3.27. The predicted molar refractivity (Wildman–Crippen MR) is 141 cm³/mol. The number of anilines is 1. The van der Waals surface area contributed by atoms with Gasteiger partial charge in [0.15, 0.2) is 0 Å². The van der Waals surface area contributed by atoms with Crippen LogP contribution in [0.4, 0.5) is 5.95 Å². The van der Waals surface area contributed by atoms with E-state index in [1.807, 2.05) is 30.3 Å². The molecule has 3 aromatic rings. The Morgan fingerprint density at radius 1 is 1.24 bits per heavy atom. The summed E-state index contributed by atoms with van der Waals surface area (Å²) in [5, 5.41) is 12.2. The number of carbonyl (C=O) groups excluding carboxylic acids is 1. The van der Waals surface area contributed by atoms with E-state index in [-0.39, 0.29) is 31.3 Å². The lowest BCUT2D eigenvalue weighted by Crippen LogP contribution is -2.36. The highest BCUT2D eigenvalue weighted by Gasteiger charge is 2.39. The van der Waals surface area contributed by atoms with Crippen LogP contribution in [0.25, 0.3) is 0 Å². The van der Waals surface area contributed by atoms with Crippen LogP contribution in [-0.2, 0) is 25.2 Å². The van der Waals surface area contributed by atoms with Gasteiger partial charge in [-0.3, -0.25) is 13.9 Å². The number of benzene rings is 2. The number of carbonyl (C=O) groups is 1. The fourth-order valence-corrected chi connectivity index (χ4v) is 6.66. The molecule has 1 aliphatic heterocycles. The monoisotopic (exact) mass is 561 g/mol. The highest BCUT2D eigenvalue weighted by molar-refractivity contribution is 8.00. The van der Waals surface area contributed by atoms with Gasteiger partial charge in [0.25, 0.3) is 0 Å². The summed E-state index contributed by atoms with van der Waals surface area (Å²) in [6, 6.07) is 16.5. The first-order valence-electron chi connectivity index (χ1n) is 11.7. The van der Waals surface area contributed by atoms with Crippen LogP contribution in [0.2, 0.25) is 0 Å². The molecule has 0 aliphatic carbocycles. The van der Waals surface area contributed by atoms with Crippen LogP contribution < -0.4 is 21.0 Å². The molecular weight excluding hydrogens is 533 g/mol. The van der Waals surface area contributed by atoms with Crippen LogP contribution in [0.1, 0.15) is 24.3 Å². The summed E-state index contributed by atoms with van der Waals surface area (Å²) in [6.07, 6.45) is 0.602. The number of nitrogens with one attached hydrogen (secondary N) is 1. The van der Waals surface area contributed by atoms with Crippen LogP contribution in [0.5, 0.6) is 5.75 Å². The predicted octanol–water partition coefficient (Wildman–Crippen LogP) is 2.51. The van der Waals surface area contributed by atoms with Gasteiger partial charge in [0, 0.05) is 6.42 Å². The van der Waals surface area contributed by atoms with Crippen molar-refractivity contribution in [1.29, 1.82) is 0 Å². The van der Waals surface area contributed by atoms with Crippen LogP contribution in [-0.4, -0.2) is 49.6 Å². The van der Waals surface area contributed by atoms with Gasteiger partial charge in [-0.25, -0.2) is 14.3 Å². The van der Waals surface area contributed by atoms with Crippen molar-refractivity contribution in [3.8, 4) is 5.75 Å². The summed E-state index contributed by atoms with van der Waals surface area (Å²) in [4.78, 5) is 32.2. The number of hydrogen-bond donors (Lipinski definition) is 3. The first-order chi connectivity index (χ1) is 18.2. The van der Waals surface area contributed by atoms with E-state index in [9.17, 15) is 19.3 Å². The fourth-order valence-electron chi connectivity index (χ4n) is 3.61. The minimum atomic E-state index is -4.12. The van der Waals surface area contributed by atoms with Gasteiger partial charge in [-0.05, 0) is 24.6 Å². The number of rotatable bonds is 11.